The Labute approximate surface area is 134 Å². The van der Waals surface area contributed by atoms with Crippen molar-refractivity contribution in [3.05, 3.63) is 57.6 Å². The first-order chi connectivity index (χ1) is 10.2. The van der Waals surface area contributed by atoms with Gasteiger partial charge in [0.15, 0.2) is 0 Å². The molecule has 1 aliphatic carbocycles. The van der Waals surface area contributed by atoms with Gasteiger partial charge in [0.2, 0.25) is 0 Å². The zero-order valence-corrected chi connectivity index (χ0v) is 14.0. The van der Waals surface area contributed by atoms with Gasteiger partial charge in [-0.1, -0.05) is 40.2 Å². The van der Waals surface area contributed by atoms with Crippen molar-refractivity contribution in [1.29, 1.82) is 0 Å². The molecule has 0 spiro atoms. The second-order valence-electron chi connectivity index (χ2n) is 5.63. The van der Waals surface area contributed by atoms with Crippen molar-refractivity contribution < 1.29 is 4.74 Å². The van der Waals surface area contributed by atoms with Crippen LogP contribution >= 0.6 is 15.9 Å². The van der Waals surface area contributed by atoms with Gasteiger partial charge >= 0.3 is 0 Å². The van der Waals surface area contributed by atoms with Crippen LogP contribution < -0.4 is 10.1 Å². The molecule has 21 heavy (non-hydrogen) atoms. The van der Waals surface area contributed by atoms with Crippen LogP contribution in [0, 0.1) is 6.92 Å². The Morgan fingerprint density at radius 3 is 2.71 bits per heavy atom. The molecule has 0 unspecified atom stereocenters. The van der Waals surface area contributed by atoms with E-state index < -0.39 is 0 Å². The third-order valence-corrected chi connectivity index (χ3v) is 4.47. The number of ether oxygens (including phenoxy) is 1. The van der Waals surface area contributed by atoms with Gasteiger partial charge in [0.25, 0.3) is 0 Å². The maximum Gasteiger partial charge on any atom is 0.143 e. The lowest BCUT2D eigenvalue weighted by Crippen LogP contribution is -2.05. The van der Waals surface area contributed by atoms with Crippen molar-refractivity contribution in [3.63, 3.8) is 0 Å². The molecule has 0 radical (unpaired) electrons. The number of anilines is 1. The lowest BCUT2D eigenvalue weighted by atomic mass is 10.0. The van der Waals surface area contributed by atoms with E-state index in [2.05, 4.69) is 58.5 Å². The summed E-state index contributed by atoms with van der Waals surface area (Å²) in [4.78, 5) is 0. The normalized spacial score (nSPS) is 14.0. The molecule has 0 atom stereocenters. The molecule has 1 saturated carbocycles. The van der Waals surface area contributed by atoms with Gasteiger partial charge in [-0.25, -0.2) is 0 Å². The van der Waals surface area contributed by atoms with E-state index in [9.17, 15) is 0 Å². The lowest BCUT2D eigenvalue weighted by molar-refractivity contribution is 0.416. The predicted molar refractivity (Wildman–Crippen MR) is 91.2 cm³/mol. The average molecular weight is 346 g/mol. The lowest BCUT2D eigenvalue weighted by Gasteiger charge is -2.16. The van der Waals surface area contributed by atoms with Gasteiger partial charge in [-0.2, -0.15) is 0 Å². The van der Waals surface area contributed by atoms with Gasteiger partial charge in [0.05, 0.1) is 12.8 Å². The van der Waals surface area contributed by atoms with E-state index >= 15 is 0 Å². The predicted octanol–water partition coefficient (Wildman–Crippen LogP) is 5.26. The van der Waals surface area contributed by atoms with E-state index in [-0.39, 0.29) is 0 Å². The Bertz CT molecular complexity index is 650. The summed E-state index contributed by atoms with van der Waals surface area (Å²) < 4.78 is 6.54. The molecule has 2 aromatic rings. The van der Waals surface area contributed by atoms with Crippen molar-refractivity contribution in [2.24, 2.45) is 0 Å². The zero-order chi connectivity index (χ0) is 14.8. The van der Waals surface area contributed by atoms with Crippen molar-refractivity contribution >= 4 is 21.6 Å². The van der Waals surface area contributed by atoms with E-state index in [0.717, 1.165) is 28.4 Å². The number of benzene rings is 2. The highest BCUT2D eigenvalue weighted by Gasteiger charge is 2.25. The highest BCUT2D eigenvalue weighted by Crippen LogP contribution is 2.42. The minimum Gasteiger partial charge on any atom is -0.495 e. The second kappa shape index (κ2) is 6.10. The largest absolute Gasteiger partial charge is 0.495 e. The van der Waals surface area contributed by atoms with E-state index in [1.54, 1.807) is 7.11 Å². The van der Waals surface area contributed by atoms with Crippen LogP contribution in [0.3, 0.4) is 0 Å². The second-order valence-corrected chi connectivity index (χ2v) is 6.54. The summed E-state index contributed by atoms with van der Waals surface area (Å²) >= 11 is 3.52. The topological polar surface area (TPSA) is 21.3 Å². The van der Waals surface area contributed by atoms with Crippen LogP contribution in [0.5, 0.6) is 5.75 Å². The molecule has 0 heterocycles. The molecule has 0 amide bonds. The van der Waals surface area contributed by atoms with Gasteiger partial charge in [-0.15, -0.1) is 0 Å². The summed E-state index contributed by atoms with van der Waals surface area (Å²) in [5.74, 6) is 1.65. The SMILES string of the molecule is COc1cc(Br)cc(C)c1NCc1ccccc1C1CC1. The van der Waals surface area contributed by atoms with Crippen LogP contribution in [-0.2, 0) is 6.54 Å². The molecule has 3 rings (SSSR count). The number of halogens is 1. The van der Waals surface area contributed by atoms with Crippen LogP contribution in [0.1, 0.15) is 35.4 Å². The number of methoxy groups -OCH3 is 1. The maximum atomic E-state index is 5.49. The summed E-state index contributed by atoms with van der Waals surface area (Å²) in [6.07, 6.45) is 2.66. The molecule has 110 valence electrons. The third kappa shape index (κ3) is 3.24. The summed E-state index contributed by atoms with van der Waals surface area (Å²) in [6, 6.07) is 12.9. The highest BCUT2D eigenvalue weighted by molar-refractivity contribution is 9.10. The minimum absolute atomic E-state index is 0.774. The highest BCUT2D eigenvalue weighted by atomic mass is 79.9. The Hall–Kier alpha value is -1.48. The molecule has 0 aromatic heterocycles. The first kappa shape index (κ1) is 14.5. The molecule has 0 aliphatic heterocycles. The van der Waals surface area contributed by atoms with E-state index in [4.69, 9.17) is 4.74 Å². The number of hydrogen-bond acceptors (Lipinski definition) is 2. The molecular weight excluding hydrogens is 326 g/mol. The quantitative estimate of drug-likeness (QED) is 0.798. The fourth-order valence-corrected chi connectivity index (χ4v) is 3.32. The summed E-state index contributed by atoms with van der Waals surface area (Å²) in [6.45, 7) is 2.94. The van der Waals surface area contributed by atoms with Gasteiger partial charge < -0.3 is 10.1 Å². The van der Waals surface area contributed by atoms with Crippen molar-refractivity contribution in [1.82, 2.24) is 0 Å². The van der Waals surface area contributed by atoms with Crippen molar-refractivity contribution in [3.8, 4) is 5.75 Å². The molecule has 2 aromatic carbocycles. The molecule has 1 aliphatic rings. The van der Waals surface area contributed by atoms with Crippen LogP contribution in [0.15, 0.2) is 40.9 Å². The minimum atomic E-state index is 0.774. The van der Waals surface area contributed by atoms with Crippen molar-refractivity contribution in [2.75, 3.05) is 12.4 Å². The Morgan fingerprint density at radius 2 is 2.00 bits per heavy atom. The van der Waals surface area contributed by atoms with E-state index in [0.29, 0.717) is 0 Å². The van der Waals surface area contributed by atoms with Crippen LogP contribution in [0.4, 0.5) is 5.69 Å². The summed E-state index contributed by atoms with van der Waals surface area (Å²) in [5, 5.41) is 3.55. The van der Waals surface area contributed by atoms with Gasteiger partial charge in [0.1, 0.15) is 5.75 Å². The van der Waals surface area contributed by atoms with Gasteiger partial charge in [0, 0.05) is 11.0 Å². The first-order valence-corrected chi connectivity index (χ1v) is 8.14. The maximum absolute atomic E-state index is 5.49. The van der Waals surface area contributed by atoms with Crippen LogP contribution in [0.2, 0.25) is 0 Å². The smallest absolute Gasteiger partial charge is 0.143 e. The standard InChI is InChI=1S/C18H20BrNO/c1-12-9-15(19)10-17(21-2)18(12)20-11-14-5-3-4-6-16(14)13-7-8-13/h3-6,9-10,13,20H,7-8,11H2,1-2H3. The average Bonchev–Trinajstić information content (AvgIpc) is 3.30. The number of nitrogens with one attached hydrogen (secondary N) is 1. The summed E-state index contributed by atoms with van der Waals surface area (Å²) in [7, 11) is 1.71. The molecule has 0 bridgehead atoms. The molecular formula is C18H20BrNO. The molecule has 3 heteroatoms. The summed E-state index contributed by atoms with van der Waals surface area (Å²) in [5.41, 5.74) is 5.15. The number of rotatable bonds is 5. The molecule has 0 saturated heterocycles. The van der Waals surface area contributed by atoms with Gasteiger partial charge in [-0.3, -0.25) is 0 Å². The zero-order valence-electron chi connectivity index (χ0n) is 12.4. The van der Waals surface area contributed by atoms with Crippen molar-refractivity contribution in [2.45, 2.75) is 32.2 Å². The Morgan fingerprint density at radius 1 is 1.24 bits per heavy atom. The Balaban J connectivity index is 1.82. The fraction of sp³-hybridized carbons (Fsp3) is 0.333. The molecule has 1 fully saturated rings. The number of aryl methyl sites for hydroxylation is 1. The van der Waals surface area contributed by atoms with Crippen LogP contribution in [-0.4, -0.2) is 7.11 Å². The van der Waals surface area contributed by atoms with Gasteiger partial charge in [-0.05, 0) is 54.5 Å². The molecule has 1 N–H and O–H groups in total. The van der Waals surface area contributed by atoms with Crippen LogP contribution in [0.25, 0.3) is 0 Å². The fourth-order valence-electron chi connectivity index (χ4n) is 2.77. The van der Waals surface area contributed by atoms with E-state index in [1.165, 1.54) is 29.5 Å². The third-order valence-electron chi connectivity index (χ3n) is 4.01. The first-order valence-electron chi connectivity index (χ1n) is 7.35. The Kier molecular flexibility index (Phi) is 4.20. The number of hydrogen-bond donors (Lipinski definition) is 1. The van der Waals surface area contributed by atoms with E-state index in [1.807, 2.05) is 6.07 Å². The monoisotopic (exact) mass is 345 g/mol. The molecule has 2 nitrogen and oxygen atoms in total.